The van der Waals surface area contributed by atoms with Gasteiger partial charge in [-0.2, -0.15) is 5.10 Å². The first-order chi connectivity index (χ1) is 8.61. The van der Waals surface area contributed by atoms with Crippen LogP contribution in [0.15, 0.2) is 35.1 Å². The summed E-state index contributed by atoms with van der Waals surface area (Å²) in [5, 5.41) is 6.53. The topological polar surface area (TPSA) is 71.8 Å². The first-order valence-corrected chi connectivity index (χ1v) is 6.01. The van der Waals surface area contributed by atoms with Crippen LogP contribution in [0.5, 0.6) is 0 Å². The maximum absolute atomic E-state index is 11.2. The summed E-state index contributed by atoms with van der Waals surface area (Å²) in [7, 11) is 0. The van der Waals surface area contributed by atoms with E-state index in [9.17, 15) is 4.79 Å². The Kier molecular flexibility index (Phi) is 3.58. The van der Waals surface area contributed by atoms with E-state index in [-0.39, 0.29) is 5.56 Å². The van der Waals surface area contributed by atoms with Crippen LogP contribution in [-0.2, 0) is 6.54 Å². The Morgan fingerprint density at radius 1 is 1.28 bits per heavy atom. The molecule has 4 nitrogen and oxygen atoms in total. The average molecular weight is 243 g/mol. The molecule has 0 amide bonds. The number of benzene rings is 1. The van der Waals surface area contributed by atoms with Crippen LogP contribution in [0.3, 0.4) is 0 Å². The van der Waals surface area contributed by atoms with Gasteiger partial charge in [0.1, 0.15) is 0 Å². The minimum Gasteiger partial charge on any atom is -0.326 e. The first-order valence-electron chi connectivity index (χ1n) is 6.01. The van der Waals surface area contributed by atoms with Gasteiger partial charge in [0.05, 0.1) is 5.69 Å². The third-order valence-corrected chi connectivity index (χ3v) is 2.96. The van der Waals surface area contributed by atoms with E-state index >= 15 is 0 Å². The molecule has 0 fully saturated rings. The van der Waals surface area contributed by atoms with Gasteiger partial charge in [-0.15, -0.1) is 0 Å². The van der Waals surface area contributed by atoms with E-state index in [4.69, 9.17) is 5.73 Å². The maximum atomic E-state index is 11.2. The van der Waals surface area contributed by atoms with E-state index in [1.54, 1.807) is 0 Å². The Hall–Kier alpha value is -1.94. The van der Waals surface area contributed by atoms with Crippen molar-refractivity contribution in [3.05, 3.63) is 51.8 Å². The molecule has 0 saturated heterocycles. The molecule has 0 aliphatic heterocycles. The molecule has 0 unspecified atom stereocenters. The second-order valence-electron chi connectivity index (χ2n) is 4.59. The second-order valence-corrected chi connectivity index (χ2v) is 4.59. The van der Waals surface area contributed by atoms with Gasteiger partial charge >= 0.3 is 0 Å². The van der Waals surface area contributed by atoms with Crippen LogP contribution in [-0.4, -0.2) is 10.2 Å². The average Bonchev–Trinajstić information content (AvgIpc) is 2.38. The normalized spacial score (nSPS) is 10.9. The van der Waals surface area contributed by atoms with Crippen LogP contribution >= 0.6 is 0 Å². The Bertz CT molecular complexity index is 585. The Morgan fingerprint density at radius 2 is 1.94 bits per heavy atom. The number of hydrogen-bond donors (Lipinski definition) is 2. The quantitative estimate of drug-likeness (QED) is 0.866. The van der Waals surface area contributed by atoms with Crippen molar-refractivity contribution in [2.45, 2.75) is 26.3 Å². The van der Waals surface area contributed by atoms with E-state index in [2.05, 4.69) is 36.2 Å². The van der Waals surface area contributed by atoms with Crippen molar-refractivity contribution in [1.29, 1.82) is 0 Å². The number of H-pyrrole nitrogens is 1. The fraction of sp³-hybridized carbons (Fsp3) is 0.286. The van der Waals surface area contributed by atoms with Crippen LogP contribution in [0, 0.1) is 0 Å². The monoisotopic (exact) mass is 243 g/mol. The molecule has 18 heavy (non-hydrogen) atoms. The van der Waals surface area contributed by atoms with Gasteiger partial charge < -0.3 is 5.73 Å². The lowest BCUT2D eigenvalue weighted by Crippen LogP contribution is -2.12. The molecule has 0 atom stereocenters. The third kappa shape index (κ3) is 2.49. The smallest absolute Gasteiger partial charge is 0.264 e. The number of nitrogens with two attached hydrogens (primary N) is 1. The summed E-state index contributed by atoms with van der Waals surface area (Å²) < 4.78 is 0. The fourth-order valence-corrected chi connectivity index (χ4v) is 1.87. The van der Waals surface area contributed by atoms with Crippen molar-refractivity contribution in [3.63, 3.8) is 0 Å². The van der Waals surface area contributed by atoms with E-state index < -0.39 is 0 Å². The van der Waals surface area contributed by atoms with Gasteiger partial charge in [0.2, 0.25) is 0 Å². The van der Waals surface area contributed by atoms with Crippen LogP contribution < -0.4 is 11.3 Å². The van der Waals surface area contributed by atoms with Crippen LogP contribution in [0.1, 0.15) is 30.9 Å². The van der Waals surface area contributed by atoms with Gasteiger partial charge in [0.15, 0.2) is 0 Å². The lowest BCUT2D eigenvalue weighted by atomic mass is 9.99. The van der Waals surface area contributed by atoms with E-state index in [1.165, 1.54) is 11.6 Å². The van der Waals surface area contributed by atoms with Crippen molar-refractivity contribution < 1.29 is 0 Å². The molecule has 0 spiro atoms. The highest BCUT2D eigenvalue weighted by atomic mass is 16.1. The third-order valence-electron chi connectivity index (χ3n) is 2.96. The molecule has 0 bridgehead atoms. The van der Waals surface area contributed by atoms with E-state index in [0.717, 1.165) is 16.8 Å². The number of aromatic amines is 1. The highest BCUT2D eigenvalue weighted by Gasteiger charge is 2.07. The summed E-state index contributed by atoms with van der Waals surface area (Å²) in [5.41, 5.74) is 9.17. The molecule has 2 rings (SSSR count). The van der Waals surface area contributed by atoms with Gasteiger partial charge in [0, 0.05) is 18.2 Å². The molecule has 0 aliphatic carbocycles. The number of hydrogen-bond acceptors (Lipinski definition) is 3. The van der Waals surface area contributed by atoms with Gasteiger partial charge in [-0.05, 0) is 17.0 Å². The van der Waals surface area contributed by atoms with Crippen LogP contribution in [0.25, 0.3) is 11.3 Å². The molecule has 94 valence electrons. The summed E-state index contributed by atoms with van der Waals surface area (Å²) in [5.74, 6) is 0.497. The zero-order valence-electron chi connectivity index (χ0n) is 10.6. The molecular formula is C14H17N3O. The van der Waals surface area contributed by atoms with E-state index in [1.807, 2.05) is 12.1 Å². The first kappa shape index (κ1) is 12.5. The highest BCUT2D eigenvalue weighted by Crippen LogP contribution is 2.22. The highest BCUT2D eigenvalue weighted by molar-refractivity contribution is 5.62. The second kappa shape index (κ2) is 5.14. The Morgan fingerprint density at radius 3 is 2.50 bits per heavy atom. The minimum atomic E-state index is -0.224. The number of nitrogens with zero attached hydrogens (tertiary/aromatic N) is 1. The maximum Gasteiger partial charge on any atom is 0.264 e. The molecule has 0 radical (unpaired) electrons. The predicted octanol–water partition coefficient (Wildman–Crippen LogP) is 2.02. The summed E-state index contributed by atoms with van der Waals surface area (Å²) in [6.07, 6.45) is 0. The molecule has 3 N–H and O–H groups in total. The zero-order chi connectivity index (χ0) is 13.1. The Balaban J connectivity index is 2.45. The molecule has 4 heteroatoms. The largest absolute Gasteiger partial charge is 0.326 e. The van der Waals surface area contributed by atoms with Crippen molar-refractivity contribution in [1.82, 2.24) is 10.2 Å². The zero-order valence-corrected chi connectivity index (χ0v) is 10.6. The summed E-state index contributed by atoms with van der Waals surface area (Å²) >= 11 is 0. The molecule has 1 aromatic heterocycles. The SMILES string of the molecule is CC(C)c1ccc(-c2n[nH]c(=O)cc2CN)cc1. The van der Waals surface area contributed by atoms with Gasteiger partial charge in [0.25, 0.3) is 5.56 Å². The fourth-order valence-electron chi connectivity index (χ4n) is 1.87. The number of nitrogens with one attached hydrogen (secondary N) is 1. The van der Waals surface area contributed by atoms with Gasteiger partial charge in [-0.1, -0.05) is 38.1 Å². The summed E-state index contributed by atoms with van der Waals surface area (Å²) in [6, 6.07) is 9.67. The van der Waals surface area contributed by atoms with Crippen molar-refractivity contribution in [3.8, 4) is 11.3 Å². The number of aromatic nitrogens is 2. The molecular weight excluding hydrogens is 226 g/mol. The predicted molar refractivity (Wildman–Crippen MR) is 72.3 cm³/mol. The van der Waals surface area contributed by atoms with Crippen molar-refractivity contribution in [2.75, 3.05) is 0 Å². The van der Waals surface area contributed by atoms with Crippen LogP contribution in [0.2, 0.25) is 0 Å². The van der Waals surface area contributed by atoms with Gasteiger partial charge in [-0.25, -0.2) is 5.10 Å². The molecule has 2 aromatic rings. The summed E-state index contributed by atoms with van der Waals surface area (Å²) in [6.45, 7) is 4.61. The number of rotatable bonds is 3. The van der Waals surface area contributed by atoms with Crippen LogP contribution in [0.4, 0.5) is 0 Å². The molecule has 1 heterocycles. The molecule has 0 aliphatic rings. The van der Waals surface area contributed by atoms with Crippen molar-refractivity contribution in [2.24, 2.45) is 5.73 Å². The molecule has 0 saturated carbocycles. The Labute approximate surface area is 106 Å². The van der Waals surface area contributed by atoms with E-state index in [0.29, 0.717) is 12.5 Å². The molecule has 1 aromatic carbocycles. The van der Waals surface area contributed by atoms with Gasteiger partial charge in [-0.3, -0.25) is 4.79 Å². The minimum absolute atomic E-state index is 0.224. The standard InChI is InChI=1S/C14H17N3O/c1-9(2)10-3-5-11(6-4-10)14-12(8-15)7-13(18)16-17-14/h3-7,9H,8,15H2,1-2H3,(H,16,18). The van der Waals surface area contributed by atoms with Crippen molar-refractivity contribution >= 4 is 0 Å². The lowest BCUT2D eigenvalue weighted by Gasteiger charge is -2.08. The lowest BCUT2D eigenvalue weighted by molar-refractivity contribution is 0.866. The summed E-state index contributed by atoms with van der Waals surface area (Å²) in [4.78, 5) is 11.2.